The van der Waals surface area contributed by atoms with E-state index in [1.165, 1.54) is 6.07 Å². The summed E-state index contributed by atoms with van der Waals surface area (Å²) >= 11 is 0. The van der Waals surface area contributed by atoms with Gasteiger partial charge in [0.15, 0.2) is 0 Å². The molecule has 0 aliphatic heterocycles. The second-order valence-corrected chi connectivity index (χ2v) is 6.97. The molecule has 0 saturated carbocycles. The number of halogens is 1. The van der Waals surface area contributed by atoms with E-state index in [1.54, 1.807) is 41.8 Å². The summed E-state index contributed by atoms with van der Waals surface area (Å²) < 4.78 is 21.1. The Labute approximate surface area is 169 Å². The van der Waals surface area contributed by atoms with E-state index in [1.807, 2.05) is 26.0 Å². The van der Waals surface area contributed by atoms with E-state index in [0.717, 1.165) is 0 Å². The summed E-state index contributed by atoms with van der Waals surface area (Å²) in [4.78, 5) is 17.5. The lowest BCUT2D eigenvalue weighted by atomic mass is 10.1. The van der Waals surface area contributed by atoms with Crippen LogP contribution in [0.2, 0.25) is 0 Å². The first kappa shape index (κ1) is 20.7. The molecule has 0 aliphatic rings. The molecule has 6 nitrogen and oxygen atoms in total. The van der Waals surface area contributed by atoms with Crippen LogP contribution < -0.4 is 11.0 Å². The van der Waals surface area contributed by atoms with Crippen molar-refractivity contribution < 1.29 is 9.13 Å². The molecule has 0 amide bonds. The molecule has 7 heteroatoms. The van der Waals surface area contributed by atoms with Crippen molar-refractivity contribution in [3.8, 4) is 0 Å². The molecular formula is C22H25FN4O2. The molecule has 0 atom stereocenters. The van der Waals surface area contributed by atoms with Crippen LogP contribution in [-0.2, 0) is 11.3 Å². The van der Waals surface area contributed by atoms with Gasteiger partial charge in [0.2, 0.25) is 5.95 Å². The minimum Gasteiger partial charge on any atom is -0.379 e. The average molecular weight is 396 g/mol. The minimum atomic E-state index is -0.356. The van der Waals surface area contributed by atoms with Gasteiger partial charge in [0.1, 0.15) is 5.82 Å². The third-order valence-electron chi connectivity index (χ3n) is 4.43. The number of benzene rings is 2. The minimum absolute atomic E-state index is 0.132. The zero-order valence-electron chi connectivity index (χ0n) is 16.9. The summed E-state index contributed by atoms with van der Waals surface area (Å²) in [6.07, 6.45) is 0.787. The first-order valence-corrected chi connectivity index (χ1v) is 9.63. The predicted molar refractivity (Wildman–Crippen MR) is 114 cm³/mol. The third kappa shape index (κ3) is 5.06. The molecule has 0 unspecified atom stereocenters. The van der Waals surface area contributed by atoms with Crippen molar-refractivity contribution >= 4 is 22.6 Å². The van der Waals surface area contributed by atoms with Crippen LogP contribution in [0.3, 0.4) is 0 Å². The molecule has 0 bridgehead atoms. The van der Waals surface area contributed by atoms with Crippen molar-refractivity contribution in [2.24, 2.45) is 5.10 Å². The largest absolute Gasteiger partial charge is 0.379 e. The van der Waals surface area contributed by atoms with Crippen LogP contribution in [-0.4, -0.2) is 28.0 Å². The normalized spacial score (nSPS) is 12.0. The molecule has 0 aliphatic carbocycles. The molecule has 3 rings (SSSR count). The first-order valence-electron chi connectivity index (χ1n) is 9.63. The number of rotatable bonds is 8. The molecule has 3 aromatic rings. The van der Waals surface area contributed by atoms with Gasteiger partial charge < -0.3 is 4.74 Å². The lowest BCUT2D eigenvalue weighted by Crippen LogP contribution is -2.25. The number of anilines is 1. The number of ether oxygens (including phenoxy) is 1. The standard InChI is InChI=1S/C22H25FN4O2/c1-15(2)29-14-8-13-27-21(28)18-10-5-7-12-20(18)24-22(27)26-25-16(3)17-9-4-6-11-19(17)23/h4-7,9-12,15H,8,13-14H2,1-3H3,(H,24,26)/b25-16-. The number of nitrogens with one attached hydrogen (secondary N) is 1. The second-order valence-electron chi connectivity index (χ2n) is 6.97. The van der Waals surface area contributed by atoms with Crippen LogP contribution in [0.4, 0.5) is 10.3 Å². The number of hydrogen-bond donors (Lipinski definition) is 1. The average Bonchev–Trinajstić information content (AvgIpc) is 2.71. The van der Waals surface area contributed by atoms with Gasteiger partial charge >= 0.3 is 0 Å². The lowest BCUT2D eigenvalue weighted by Gasteiger charge is -2.14. The van der Waals surface area contributed by atoms with E-state index in [-0.39, 0.29) is 17.5 Å². The molecular weight excluding hydrogens is 371 g/mol. The fourth-order valence-electron chi connectivity index (χ4n) is 2.95. The monoisotopic (exact) mass is 396 g/mol. The van der Waals surface area contributed by atoms with Gasteiger partial charge in [-0.15, -0.1) is 0 Å². The Bertz CT molecular complexity index is 1080. The predicted octanol–water partition coefficient (Wildman–Crippen LogP) is 4.19. The molecule has 0 radical (unpaired) electrons. The number of hydrogen-bond acceptors (Lipinski definition) is 5. The molecule has 29 heavy (non-hydrogen) atoms. The Morgan fingerprint density at radius 2 is 1.93 bits per heavy atom. The summed E-state index contributed by atoms with van der Waals surface area (Å²) in [7, 11) is 0. The van der Waals surface area contributed by atoms with E-state index in [2.05, 4.69) is 15.5 Å². The van der Waals surface area contributed by atoms with E-state index < -0.39 is 0 Å². The van der Waals surface area contributed by atoms with E-state index in [4.69, 9.17) is 4.74 Å². The Balaban J connectivity index is 1.92. The highest BCUT2D eigenvalue weighted by Crippen LogP contribution is 2.13. The maximum atomic E-state index is 14.0. The van der Waals surface area contributed by atoms with Gasteiger partial charge in [-0.3, -0.25) is 9.36 Å². The van der Waals surface area contributed by atoms with Gasteiger partial charge in [-0.05, 0) is 45.4 Å². The van der Waals surface area contributed by atoms with Crippen LogP contribution in [0.15, 0.2) is 58.4 Å². The highest BCUT2D eigenvalue weighted by atomic mass is 19.1. The van der Waals surface area contributed by atoms with Crippen molar-refractivity contribution in [3.63, 3.8) is 0 Å². The number of fused-ring (bicyclic) bond motifs is 1. The zero-order chi connectivity index (χ0) is 20.8. The number of para-hydroxylation sites is 1. The fraction of sp³-hybridized carbons (Fsp3) is 0.318. The fourth-order valence-corrected chi connectivity index (χ4v) is 2.95. The molecule has 0 saturated heterocycles. The maximum Gasteiger partial charge on any atom is 0.262 e. The van der Waals surface area contributed by atoms with Gasteiger partial charge in [0.05, 0.1) is 22.7 Å². The third-order valence-corrected chi connectivity index (χ3v) is 4.43. The summed E-state index contributed by atoms with van der Waals surface area (Å²) in [5.41, 5.74) is 4.13. The van der Waals surface area contributed by atoms with Gasteiger partial charge in [-0.1, -0.05) is 30.3 Å². The van der Waals surface area contributed by atoms with E-state index in [9.17, 15) is 9.18 Å². The number of nitrogens with zero attached hydrogens (tertiary/aromatic N) is 3. The molecule has 2 aromatic carbocycles. The topological polar surface area (TPSA) is 68.5 Å². The number of aromatic nitrogens is 2. The Hall–Kier alpha value is -3.06. The highest BCUT2D eigenvalue weighted by molar-refractivity contribution is 5.99. The SMILES string of the molecule is C/C(=N/Nc1nc2ccccc2c(=O)n1CCCOC(C)C)c1ccccc1F. The number of hydrazone groups is 1. The van der Waals surface area contributed by atoms with Crippen molar-refractivity contribution in [3.05, 3.63) is 70.3 Å². The van der Waals surface area contributed by atoms with Crippen molar-refractivity contribution in [1.29, 1.82) is 0 Å². The Morgan fingerprint density at radius 1 is 1.21 bits per heavy atom. The summed E-state index contributed by atoms with van der Waals surface area (Å²) in [5.74, 6) is -0.0424. The molecule has 1 heterocycles. The molecule has 0 fully saturated rings. The molecule has 0 spiro atoms. The second kappa shape index (κ2) is 9.43. The van der Waals surface area contributed by atoms with Gasteiger partial charge in [0, 0.05) is 18.7 Å². The maximum absolute atomic E-state index is 14.0. The first-order chi connectivity index (χ1) is 14.0. The van der Waals surface area contributed by atoms with Gasteiger partial charge in [0.25, 0.3) is 5.56 Å². The summed E-state index contributed by atoms with van der Waals surface area (Å²) in [6, 6.07) is 13.6. The molecule has 152 valence electrons. The molecule has 1 aromatic heterocycles. The van der Waals surface area contributed by atoms with Crippen LogP contribution in [0.1, 0.15) is 32.8 Å². The highest BCUT2D eigenvalue weighted by Gasteiger charge is 2.11. The van der Waals surface area contributed by atoms with Crippen LogP contribution >= 0.6 is 0 Å². The molecule has 1 N–H and O–H groups in total. The van der Waals surface area contributed by atoms with Crippen LogP contribution in [0.25, 0.3) is 10.9 Å². The smallest absolute Gasteiger partial charge is 0.262 e. The van der Waals surface area contributed by atoms with E-state index >= 15 is 0 Å². The van der Waals surface area contributed by atoms with Crippen molar-refractivity contribution in [1.82, 2.24) is 9.55 Å². The summed E-state index contributed by atoms with van der Waals surface area (Å²) in [5, 5.41) is 4.80. The van der Waals surface area contributed by atoms with Crippen LogP contribution in [0, 0.1) is 5.82 Å². The van der Waals surface area contributed by atoms with Crippen LogP contribution in [0.5, 0.6) is 0 Å². The van der Waals surface area contributed by atoms with E-state index in [0.29, 0.717) is 47.7 Å². The van der Waals surface area contributed by atoms with Crippen molar-refractivity contribution in [2.45, 2.75) is 39.8 Å². The van der Waals surface area contributed by atoms with Gasteiger partial charge in [-0.2, -0.15) is 5.10 Å². The van der Waals surface area contributed by atoms with Gasteiger partial charge in [-0.25, -0.2) is 14.8 Å². The quantitative estimate of drug-likeness (QED) is 0.352. The summed E-state index contributed by atoms with van der Waals surface area (Å²) in [6.45, 7) is 6.60. The van der Waals surface area contributed by atoms with Crippen molar-refractivity contribution in [2.75, 3.05) is 12.0 Å². The zero-order valence-corrected chi connectivity index (χ0v) is 16.9. The Kier molecular flexibility index (Phi) is 6.72. The lowest BCUT2D eigenvalue weighted by molar-refractivity contribution is 0.0748. The Morgan fingerprint density at radius 3 is 2.69 bits per heavy atom.